The molecule has 12 heavy (non-hydrogen) atoms. The predicted molar refractivity (Wildman–Crippen MR) is 53.1 cm³/mol. The van der Waals surface area contributed by atoms with Gasteiger partial charge in [0.2, 0.25) is 0 Å². The van der Waals surface area contributed by atoms with Gasteiger partial charge in [-0.1, -0.05) is 17.2 Å². The molecule has 68 valence electrons. The van der Waals surface area contributed by atoms with E-state index in [1.807, 2.05) is 27.7 Å². The molecule has 0 aliphatic heterocycles. The van der Waals surface area contributed by atoms with Gasteiger partial charge < -0.3 is 0 Å². The minimum atomic E-state index is 0.188. The van der Waals surface area contributed by atoms with E-state index in [4.69, 9.17) is 0 Å². The van der Waals surface area contributed by atoms with Crippen LogP contribution in [0.1, 0.15) is 41.0 Å². The van der Waals surface area contributed by atoms with Crippen LogP contribution in [-0.2, 0) is 4.79 Å². The Kier molecular flexibility index (Phi) is 4.57. The van der Waals surface area contributed by atoms with Crippen molar-refractivity contribution in [1.29, 1.82) is 0 Å². The smallest absolute Gasteiger partial charge is 0.156 e. The van der Waals surface area contributed by atoms with Gasteiger partial charge in [-0.2, -0.15) is 0 Å². The lowest BCUT2D eigenvalue weighted by atomic mass is 10.0. The molecular weight excluding hydrogens is 148 g/mol. The Morgan fingerprint density at radius 1 is 1.08 bits per heavy atom. The number of hydrogen-bond donors (Lipinski definition) is 0. The van der Waals surface area contributed by atoms with E-state index in [0.29, 0.717) is 0 Å². The molecule has 0 amide bonds. The average Bonchev–Trinajstić information content (AvgIpc) is 1.84. The van der Waals surface area contributed by atoms with Crippen molar-refractivity contribution in [1.82, 2.24) is 0 Å². The van der Waals surface area contributed by atoms with Crippen LogP contribution in [0.5, 0.6) is 0 Å². The second-order valence-corrected chi connectivity index (χ2v) is 3.52. The molecule has 0 N–H and O–H groups in total. The summed E-state index contributed by atoms with van der Waals surface area (Å²) in [7, 11) is 0. The Morgan fingerprint density at radius 3 is 1.83 bits per heavy atom. The van der Waals surface area contributed by atoms with E-state index in [1.165, 1.54) is 5.57 Å². The zero-order valence-corrected chi connectivity index (χ0v) is 8.69. The molecule has 0 bridgehead atoms. The number of rotatable bonds is 3. The molecule has 1 heteroatoms. The Balaban J connectivity index is 4.49. The van der Waals surface area contributed by atoms with Gasteiger partial charge in [0.25, 0.3) is 0 Å². The first-order valence-electron chi connectivity index (χ1n) is 4.25. The number of allylic oxidation sites excluding steroid dienone is 4. The molecule has 0 saturated carbocycles. The number of carbonyl (C=O) groups excluding carboxylic acids is 1. The monoisotopic (exact) mass is 166 g/mol. The topological polar surface area (TPSA) is 17.1 Å². The van der Waals surface area contributed by atoms with Gasteiger partial charge >= 0.3 is 0 Å². The molecule has 0 aliphatic carbocycles. The van der Waals surface area contributed by atoms with Crippen LogP contribution in [0, 0.1) is 0 Å². The molecule has 0 radical (unpaired) electrons. The fourth-order valence-electron chi connectivity index (χ4n) is 1.01. The minimum absolute atomic E-state index is 0.188. The maximum Gasteiger partial charge on any atom is 0.156 e. The first-order valence-corrected chi connectivity index (χ1v) is 4.25. The van der Waals surface area contributed by atoms with E-state index >= 15 is 0 Å². The third kappa shape index (κ3) is 4.12. The third-order valence-corrected chi connectivity index (χ3v) is 1.74. The largest absolute Gasteiger partial charge is 0.295 e. The van der Waals surface area contributed by atoms with Crippen molar-refractivity contribution in [2.75, 3.05) is 0 Å². The Bertz CT molecular complexity index is 223. The van der Waals surface area contributed by atoms with E-state index in [9.17, 15) is 4.79 Å². The van der Waals surface area contributed by atoms with Crippen LogP contribution in [0.2, 0.25) is 0 Å². The summed E-state index contributed by atoms with van der Waals surface area (Å²) in [6.07, 6.45) is 2.86. The van der Waals surface area contributed by atoms with Crippen molar-refractivity contribution in [3.8, 4) is 0 Å². The average molecular weight is 166 g/mol. The quantitative estimate of drug-likeness (QED) is 0.464. The molecule has 0 heterocycles. The van der Waals surface area contributed by atoms with Gasteiger partial charge in [0.15, 0.2) is 5.78 Å². The van der Waals surface area contributed by atoms with Crippen LogP contribution in [0.4, 0.5) is 0 Å². The highest BCUT2D eigenvalue weighted by atomic mass is 16.1. The first kappa shape index (κ1) is 11.2. The molecule has 0 aromatic rings. The minimum Gasteiger partial charge on any atom is -0.295 e. The third-order valence-electron chi connectivity index (χ3n) is 1.74. The number of ketones is 1. The molecular formula is C11H18O. The summed E-state index contributed by atoms with van der Waals surface area (Å²) in [5.41, 5.74) is 3.33. The SMILES string of the molecule is CC(=O)C(CC=C(C)C)=C(C)C. The Labute approximate surface area is 75.2 Å². The summed E-state index contributed by atoms with van der Waals surface area (Å²) in [5.74, 6) is 0.188. The van der Waals surface area contributed by atoms with Gasteiger partial charge in [-0.3, -0.25) is 4.79 Å². The van der Waals surface area contributed by atoms with Crippen molar-refractivity contribution >= 4 is 5.78 Å². The number of hydrogen-bond acceptors (Lipinski definition) is 1. The molecule has 0 fully saturated rings. The molecule has 0 rings (SSSR count). The standard InChI is InChI=1S/C11H18O/c1-8(2)6-7-11(9(3)4)10(5)12/h6H,7H2,1-5H3. The van der Waals surface area contributed by atoms with Crippen molar-refractivity contribution in [2.24, 2.45) is 0 Å². The van der Waals surface area contributed by atoms with Crippen LogP contribution in [0.3, 0.4) is 0 Å². The summed E-state index contributed by atoms with van der Waals surface area (Å²) in [6, 6.07) is 0. The van der Waals surface area contributed by atoms with E-state index in [-0.39, 0.29) is 5.78 Å². The van der Waals surface area contributed by atoms with E-state index in [1.54, 1.807) is 6.92 Å². The lowest BCUT2D eigenvalue weighted by Gasteiger charge is -2.02. The highest BCUT2D eigenvalue weighted by Crippen LogP contribution is 2.11. The normalized spacial score (nSPS) is 9.08. The molecule has 0 atom stereocenters. The second-order valence-electron chi connectivity index (χ2n) is 3.52. The summed E-state index contributed by atoms with van der Waals surface area (Å²) in [6.45, 7) is 9.68. The maximum absolute atomic E-state index is 11.1. The second kappa shape index (κ2) is 4.91. The number of Topliss-reactive ketones (excluding diaryl/α,β-unsaturated/α-hetero) is 1. The van der Waals surface area contributed by atoms with Crippen molar-refractivity contribution in [3.63, 3.8) is 0 Å². The van der Waals surface area contributed by atoms with E-state index in [2.05, 4.69) is 6.08 Å². The molecule has 0 aromatic carbocycles. The number of carbonyl (C=O) groups is 1. The van der Waals surface area contributed by atoms with Crippen molar-refractivity contribution < 1.29 is 4.79 Å². The molecule has 1 nitrogen and oxygen atoms in total. The zero-order valence-electron chi connectivity index (χ0n) is 8.69. The summed E-state index contributed by atoms with van der Waals surface area (Å²) in [5, 5.41) is 0. The van der Waals surface area contributed by atoms with Gasteiger partial charge in [0.1, 0.15) is 0 Å². The molecule has 0 unspecified atom stereocenters. The Morgan fingerprint density at radius 2 is 1.58 bits per heavy atom. The molecule has 0 aromatic heterocycles. The molecule has 0 saturated heterocycles. The molecule has 0 spiro atoms. The predicted octanol–water partition coefficient (Wildman–Crippen LogP) is 3.27. The molecule has 0 aliphatic rings. The van der Waals surface area contributed by atoms with Crippen LogP contribution < -0.4 is 0 Å². The lowest BCUT2D eigenvalue weighted by Crippen LogP contribution is -1.97. The zero-order chi connectivity index (χ0) is 9.72. The van der Waals surface area contributed by atoms with E-state index < -0.39 is 0 Å². The van der Waals surface area contributed by atoms with Crippen LogP contribution >= 0.6 is 0 Å². The first-order chi connectivity index (χ1) is 5.45. The van der Waals surface area contributed by atoms with E-state index in [0.717, 1.165) is 17.6 Å². The lowest BCUT2D eigenvalue weighted by molar-refractivity contribution is -0.113. The fourth-order valence-corrected chi connectivity index (χ4v) is 1.01. The van der Waals surface area contributed by atoms with Crippen LogP contribution in [-0.4, -0.2) is 5.78 Å². The highest BCUT2D eigenvalue weighted by molar-refractivity contribution is 5.94. The van der Waals surface area contributed by atoms with Gasteiger partial charge in [-0.05, 0) is 46.6 Å². The summed E-state index contributed by atoms with van der Waals surface area (Å²) < 4.78 is 0. The van der Waals surface area contributed by atoms with Gasteiger partial charge in [-0.25, -0.2) is 0 Å². The fraction of sp³-hybridized carbons (Fsp3) is 0.545. The summed E-state index contributed by atoms with van der Waals surface area (Å²) >= 11 is 0. The summed E-state index contributed by atoms with van der Waals surface area (Å²) in [4.78, 5) is 11.1. The highest BCUT2D eigenvalue weighted by Gasteiger charge is 2.02. The van der Waals surface area contributed by atoms with Crippen molar-refractivity contribution in [2.45, 2.75) is 41.0 Å². The maximum atomic E-state index is 11.1. The van der Waals surface area contributed by atoms with Gasteiger partial charge in [0.05, 0.1) is 0 Å². The van der Waals surface area contributed by atoms with Gasteiger partial charge in [-0.15, -0.1) is 0 Å². The Hall–Kier alpha value is -0.850. The van der Waals surface area contributed by atoms with Crippen LogP contribution in [0.15, 0.2) is 22.8 Å². The van der Waals surface area contributed by atoms with Crippen LogP contribution in [0.25, 0.3) is 0 Å². The van der Waals surface area contributed by atoms with Crippen molar-refractivity contribution in [3.05, 3.63) is 22.8 Å². The van der Waals surface area contributed by atoms with Gasteiger partial charge in [0, 0.05) is 0 Å².